The first-order valence-electron chi connectivity index (χ1n) is 9.27. The number of carbonyl (C=O) groups is 2. The van der Waals surface area contributed by atoms with Gasteiger partial charge >= 0.3 is 5.97 Å². The molecule has 2 atom stereocenters. The molecule has 0 saturated carbocycles. The summed E-state index contributed by atoms with van der Waals surface area (Å²) in [6.07, 6.45) is 1.98. The van der Waals surface area contributed by atoms with Crippen molar-refractivity contribution in [3.05, 3.63) is 65.2 Å². The van der Waals surface area contributed by atoms with Crippen molar-refractivity contribution in [2.24, 2.45) is 0 Å². The molecule has 0 saturated heterocycles. The molecule has 1 N–H and O–H groups in total. The number of rotatable bonds is 6. The highest BCUT2D eigenvalue weighted by molar-refractivity contribution is 5.84. The van der Waals surface area contributed by atoms with E-state index in [2.05, 4.69) is 11.4 Å². The lowest BCUT2D eigenvalue weighted by molar-refractivity contribution is -0.156. The van der Waals surface area contributed by atoms with Gasteiger partial charge in [0.1, 0.15) is 5.75 Å². The van der Waals surface area contributed by atoms with E-state index in [0.717, 1.165) is 24.8 Å². The Bertz CT molecular complexity index is 886. The summed E-state index contributed by atoms with van der Waals surface area (Å²) in [6, 6.07) is 16.4. The molecule has 28 heavy (non-hydrogen) atoms. The second-order valence-corrected chi connectivity index (χ2v) is 6.71. The lowest BCUT2D eigenvalue weighted by Gasteiger charge is -2.27. The molecule has 0 unspecified atom stereocenters. The van der Waals surface area contributed by atoms with E-state index in [1.54, 1.807) is 31.2 Å². The van der Waals surface area contributed by atoms with Gasteiger partial charge in [-0.2, -0.15) is 5.26 Å². The van der Waals surface area contributed by atoms with Gasteiger partial charge in [0, 0.05) is 0 Å². The van der Waals surface area contributed by atoms with Gasteiger partial charge in [-0.1, -0.05) is 24.3 Å². The molecule has 3 rings (SSSR count). The number of aryl methyl sites for hydroxylation is 1. The van der Waals surface area contributed by atoms with Gasteiger partial charge in [0.2, 0.25) is 0 Å². The Labute approximate surface area is 164 Å². The Hall–Kier alpha value is -3.33. The standard InChI is InChI=1S/C22H22N2O4/c1-15(28-21(25)14-27-18-11-9-16(13-23)10-12-18)22(26)24-20-8-4-6-17-5-2-3-7-19(17)20/h2-3,5,7,9-12,15,20H,4,6,8,14H2,1H3,(H,24,26)/t15-,20+/m1/s1. The summed E-state index contributed by atoms with van der Waals surface area (Å²) in [4.78, 5) is 24.4. The third-order valence-electron chi connectivity index (χ3n) is 4.70. The van der Waals surface area contributed by atoms with Crippen molar-refractivity contribution < 1.29 is 19.1 Å². The number of nitriles is 1. The number of nitrogens with one attached hydrogen (secondary N) is 1. The molecule has 0 aliphatic heterocycles. The molecule has 6 heteroatoms. The number of carbonyl (C=O) groups excluding carboxylic acids is 2. The summed E-state index contributed by atoms with van der Waals surface area (Å²) in [7, 11) is 0. The molecular weight excluding hydrogens is 356 g/mol. The molecule has 144 valence electrons. The summed E-state index contributed by atoms with van der Waals surface area (Å²) in [5, 5.41) is 11.7. The SMILES string of the molecule is C[C@@H](OC(=O)COc1ccc(C#N)cc1)C(=O)N[C@H]1CCCc2ccccc21. The Morgan fingerprint density at radius 3 is 2.71 bits per heavy atom. The minimum atomic E-state index is -0.911. The normalized spacial score (nSPS) is 16.2. The smallest absolute Gasteiger partial charge is 0.344 e. The van der Waals surface area contributed by atoms with Crippen LogP contribution in [0.3, 0.4) is 0 Å². The molecular formula is C22H22N2O4. The number of fused-ring (bicyclic) bond motifs is 1. The Morgan fingerprint density at radius 1 is 1.21 bits per heavy atom. The van der Waals surface area contributed by atoms with Gasteiger partial charge < -0.3 is 14.8 Å². The average Bonchev–Trinajstić information content (AvgIpc) is 2.73. The van der Waals surface area contributed by atoms with E-state index in [0.29, 0.717) is 11.3 Å². The molecule has 6 nitrogen and oxygen atoms in total. The van der Waals surface area contributed by atoms with Gasteiger partial charge in [-0.25, -0.2) is 4.79 Å². The number of nitrogens with zero attached hydrogens (tertiary/aromatic N) is 1. The van der Waals surface area contributed by atoms with Crippen LogP contribution in [0.1, 0.15) is 42.5 Å². The predicted octanol–water partition coefficient (Wildman–Crippen LogP) is 3.06. The van der Waals surface area contributed by atoms with Gasteiger partial charge in [-0.05, 0) is 61.6 Å². The van der Waals surface area contributed by atoms with Crippen LogP contribution >= 0.6 is 0 Å². The first-order chi connectivity index (χ1) is 13.6. The minimum Gasteiger partial charge on any atom is -0.482 e. The zero-order valence-corrected chi connectivity index (χ0v) is 15.7. The second-order valence-electron chi connectivity index (χ2n) is 6.71. The minimum absolute atomic E-state index is 0.0616. The van der Waals surface area contributed by atoms with Gasteiger partial charge in [-0.3, -0.25) is 4.79 Å². The monoisotopic (exact) mass is 378 g/mol. The van der Waals surface area contributed by atoms with E-state index in [1.807, 2.05) is 24.3 Å². The van der Waals surface area contributed by atoms with Crippen molar-refractivity contribution in [2.45, 2.75) is 38.3 Å². The average molecular weight is 378 g/mol. The molecule has 0 fully saturated rings. The number of amides is 1. The maximum atomic E-state index is 12.4. The molecule has 1 aliphatic carbocycles. The van der Waals surface area contributed by atoms with Crippen LogP contribution in [0.15, 0.2) is 48.5 Å². The topological polar surface area (TPSA) is 88.4 Å². The van der Waals surface area contributed by atoms with E-state index < -0.39 is 12.1 Å². The maximum absolute atomic E-state index is 12.4. The van der Waals surface area contributed by atoms with Gasteiger partial charge in [0.05, 0.1) is 17.7 Å². The van der Waals surface area contributed by atoms with E-state index in [4.69, 9.17) is 14.7 Å². The molecule has 2 aromatic rings. The summed E-state index contributed by atoms with van der Waals surface area (Å²) >= 11 is 0. The fourth-order valence-electron chi connectivity index (χ4n) is 3.25. The highest BCUT2D eigenvalue weighted by Gasteiger charge is 2.25. The van der Waals surface area contributed by atoms with Crippen LogP contribution in [-0.4, -0.2) is 24.6 Å². The van der Waals surface area contributed by atoms with Crippen molar-refractivity contribution in [1.29, 1.82) is 5.26 Å². The first kappa shape index (κ1) is 19.4. The number of hydrogen-bond acceptors (Lipinski definition) is 5. The van der Waals surface area contributed by atoms with Crippen molar-refractivity contribution in [1.82, 2.24) is 5.32 Å². The molecule has 1 aliphatic rings. The molecule has 0 heterocycles. The second kappa shape index (κ2) is 9.05. The summed E-state index contributed by atoms with van der Waals surface area (Å²) in [5.41, 5.74) is 2.88. The van der Waals surface area contributed by atoms with Gasteiger partial charge in [0.25, 0.3) is 5.91 Å². The fraction of sp³-hybridized carbons (Fsp3) is 0.318. The zero-order valence-electron chi connectivity index (χ0n) is 15.7. The first-order valence-corrected chi connectivity index (χ1v) is 9.27. The van der Waals surface area contributed by atoms with Crippen molar-refractivity contribution in [3.8, 4) is 11.8 Å². The highest BCUT2D eigenvalue weighted by Crippen LogP contribution is 2.29. The number of benzene rings is 2. The Balaban J connectivity index is 1.48. The van der Waals surface area contributed by atoms with Crippen LogP contribution < -0.4 is 10.1 Å². The molecule has 2 aromatic carbocycles. The number of hydrogen-bond donors (Lipinski definition) is 1. The fourth-order valence-corrected chi connectivity index (χ4v) is 3.25. The number of esters is 1. The summed E-state index contributed by atoms with van der Waals surface area (Å²) in [5.74, 6) is -0.503. The largest absolute Gasteiger partial charge is 0.482 e. The molecule has 0 bridgehead atoms. The third-order valence-corrected chi connectivity index (χ3v) is 4.70. The third kappa shape index (κ3) is 4.89. The zero-order chi connectivity index (χ0) is 19.9. The van der Waals surface area contributed by atoms with Crippen LogP contribution in [0.5, 0.6) is 5.75 Å². The van der Waals surface area contributed by atoms with E-state index in [1.165, 1.54) is 5.56 Å². The predicted molar refractivity (Wildman–Crippen MR) is 102 cm³/mol. The Kier molecular flexibility index (Phi) is 6.28. The highest BCUT2D eigenvalue weighted by atomic mass is 16.6. The summed E-state index contributed by atoms with van der Waals surface area (Å²) < 4.78 is 10.5. The van der Waals surface area contributed by atoms with Crippen molar-refractivity contribution in [3.63, 3.8) is 0 Å². The quantitative estimate of drug-likeness (QED) is 0.781. The van der Waals surface area contributed by atoms with Crippen LogP contribution in [0, 0.1) is 11.3 Å². The summed E-state index contributed by atoms with van der Waals surface area (Å²) in [6.45, 7) is 1.24. The lowest BCUT2D eigenvalue weighted by atomic mass is 9.87. The number of ether oxygens (including phenoxy) is 2. The van der Waals surface area contributed by atoms with Crippen LogP contribution in [0.4, 0.5) is 0 Å². The van der Waals surface area contributed by atoms with Crippen LogP contribution in [0.25, 0.3) is 0 Å². The molecule has 0 aromatic heterocycles. The van der Waals surface area contributed by atoms with E-state index >= 15 is 0 Å². The lowest BCUT2D eigenvalue weighted by Crippen LogP contribution is -2.39. The molecule has 1 amide bonds. The van der Waals surface area contributed by atoms with E-state index in [9.17, 15) is 9.59 Å². The van der Waals surface area contributed by atoms with Gasteiger partial charge in [-0.15, -0.1) is 0 Å². The van der Waals surface area contributed by atoms with Gasteiger partial charge in [0.15, 0.2) is 12.7 Å². The van der Waals surface area contributed by atoms with E-state index in [-0.39, 0.29) is 18.6 Å². The van der Waals surface area contributed by atoms with Crippen molar-refractivity contribution in [2.75, 3.05) is 6.61 Å². The molecule has 0 radical (unpaired) electrons. The maximum Gasteiger partial charge on any atom is 0.344 e. The van der Waals surface area contributed by atoms with Crippen LogP contribution in [0.2, 0.25) is 0 Å². The van der Waals surface area contributed by atoms with Crippen molar-refractivity contribution >= 4 is 11.9 Å². The Morgan fingerprint density at radius 2 is 1.96 bits per heavy atom. The van der Waals surface area contributed by atoms with Crippen LogP contribution in [-0.2, 0) is 20.7 Å². The molecule has 0 spiro atoms.